The van der Waals surface area contributed by atoms with Crippen LogP contribution in [-0.4, -0.2) is 10.8 Å². The molecule has 0 fully saturated rings. The van der Waals surface area contributed by atoms with Gasteiger partial charge in [0, 0.05) is 11.8 Å². The second kappa shape index (κ2) is 4.17. The molecular formula is C11H9F2NOS. The van der Waals surface area contributed by atoms with E-state index in [-0.39, 0.29) is 16.2 Å². The minimum Gasteiger partial charge on any atom is -0.358 e. The molecule has 0 aliphatic rings. The summed E-state index contributed by atoms with van der Waals surface area (Å²) < 4.78 is 25.5. The Morgan fingerprint density at radius 1 is 1.50 bits per heavy atom. The molecule has 5 heteroatoms. The van der Waals surface area contributed by atoms with E-state index < -0.39 is 6.43 Å². The second-order valence-electron chi connectivity index (χ2n) is 3.38. The maximum atomic E-state index is 12.8. The predicted octanol–water partition coefficient (Wildman–Crippen LogP) is 3.55. The number of H-pyrrole nitrogens is 1. The molecule has 0 aliphatic heterocycles. The summed E-state index contributed by atoms with van der Waals surface area (Å²) in [6, 6.07) is 3.24. The fourth-order valence-corrected chi connectivity index (χ4v) is 2.51. The lowest BCUT2D eigenvalue weighted by molar-refractivity contribution is 0.102. The molecule has 0 bridgehead atoms. The minimum atomic E-state index is -2.61. The van der Waals surface area contributed by atoms with Gasteiger partial charge in [0.2, 0.25) is 5.78 Å². The van der Waals surface area contributed by atoms with Crippen molar-refractivity contribution in [3.8, 4) is 0 Å². The van der Waals surface area contributed by atoms with Crippen molar-refractivity contribution in [2.24, 2.45) is 0 Å². The zero-order chi connectivity index (χ0) is 11.7. The third kappa shape index (κ3) is 1.78. The van der Waals surface area contributed by atoms with E-state index in [1.54, 1.807) is 30.6 Å². The SMILES string of the molecule is Cc1csc(C(=O)c2ccc[nH]2)c1C(F)F. The average molecular weight is 241 g/mol. The summed E-state index contributed by atoms with van der Waals surface area (Å²) in [6.45, 7) is 1.59. The van der Waals surface area contributed by atoms with E-state index in [9.17, 15) is 13.6 Å². The predicted molar refractivity (Wildman–Crippen MR) is 58.2 cm³/mol. The van der Waals surface area contributed by atoms with Gasteiger partial charge < -0.3 is 4.98 Å². The smallest absolute Gasteiger partial charge is 0.265 e. The number of carbonyl (C=O) groups excluding carboxylic acids is 1. The Kier molecular flexibility index (Phi) is 2.87. The van der Waals surface area contributed by atoms with Gasteiger partial charge in [0.25, 0.3) is 6.43 Å². The molecular weight excluding hydrogens is 232 g/mol. The number of nitrogens with one attached hydrogen (secondary N) is 1. The fraction of sp³-hybridized carbons (Fsp3) is 0.182. The van der Waals surface area contributed by atoms with Crippen molar-refractivity contribution in [2.45, 2.75) is 13.3 Å². The van der Waals surface area contributed by atoms with Gasteiger partial charge in [-0.15, -0.1) is 11.3 Å². The van der Waals surface area contributed by atoms with Crippen LogP contribution in [0.25, 0.3) is 0 Å². The van der Waals surface area contributed by atoms with Gasteiger partial charge in [-0.25, -0.2) is 8.78 Å². The normalized spacial score (nSPS) is 11.0. The first-order chi connectivity index (χ1) is 7.61. The number of aromatic nitrogens is 1. The number of ketones is 1. The van der Waals surface area contributed by atoms with Gasteiger partial charge in [0.05, 0.1) is 10.6 Å². The summed E-state index contributed by atoms with van der Waals surface area (Å²) >= 11 is 1.06. The van der Waals surface area contributed by atoms with Crippen LogP contribution >= 0.6 is 11.3 Å². The summed E-state index contributed by atoms with van der Waals surface area (Å²) in [5, 5.41) is 1.58. The van der Waals surface area contributed by atoms with Gasteiger partial charge in [-0.3, -0.25) is 4.79 Å². The zero-order valence-electron chi connectivity index (χ0n) is 8.46. The van der Waals surface area contributed by atoms with Crippen molar-refractivity contribution in [1.29, 1.82) is 0 Å². The highest BCUT2D eigenvalue weighted by Gasteiger charge is 2.23. The molecule has 0 aromatic carbocycles. The van der Waals surface area contributed by atoms with Crippen LogP contribution in [0, 0.1) is 6.92 Å². The van der Waals surface area contributed by atoms with E-state index in [2.05, 4.69) is 4.98 Å². The summed E-state index contributed by atoms with van der Waals surface area (Å²) in [6.07, 6.45) is -1.02. The van der Waals surface area contributed by atoms with Crippen LogP contribution in [0.2, 0.25) is 0 Å². The second-order valence-corrected chi connectivity index (χ2v) is 4.25. The van der Waals surface area contributed by atoms with E-state index >= 15 is 0 Å². The van der Waals surface area contributed by atoms with Gasteiger partial charge in [-0.2, -0.15) is 0 Å². The Morgan fingerprint density at radius 2 is 2.25 bits per heavy atom. The third-order valence-electron chi connectivity index (χ3n) is 2.29. The lowest BCUT2D eigenvalue weighted by Gasteiger charge is -2.02. The first kappa shape index (κ1) is 11.0. The zero-order valence-corrected chi connectivity index (χ0v) is 9.28. The number of carbonyl (C=O) groups is 1. The van der Waals surface area contributed by atoms with Crippen LogP contribution in [0.4, 0.5) is 8.78 Å². The molecule has 0 unspecified atom stereocenters. The Labute approximate surface area is 94.9 Å². The van der Waals surface area contributed by atoms with Crippen molar-refractivity contribution < 1.29 is 13.6 Å². The number of halogens is 2. The van der Waals surface area contributed by atoms with E-state index in [1.807, 2.05) is 0 Å². The number of hydrogen-bond acceptors (Lipinski definition) is 2. The summed E-state index contributed by atoms with van der Waals surface area (Å²) in [7, 11) is 0. The van der Waals surface area contributed by atoms with Crippen LogP contribution < -0.4 is 0 Å². The molecule has 0 amide bonds. The Bertz CT molecular complexity index is 502. The molecule has 1 N–H and O–H groups in total. The molecule has 0 aliphatic carbocycles. The maximum absolute atomic E-state index is 12.8. The van der Waals surface area contributed by atoms with E-state index in [1.165, 1.54) is 0 Å². The summed E-state index contributed by atoms with van der Waals surface area (Å²) in [5.74, 6) is -0.376. The van der Waals surface area contributed by atoms with Crippen LogP contribution in [0.1, 0.15) is 32.9 Å². The third-order valence-corrected chi connectivity index (χ3v) is 3.40. The fourth-order valence-electron chi connectivity index (χ4n) is 1.49. The lowest BCUT2D eigenvalue weighted by atomic mass is 10.1. The van der Waals surface area contributed by atoms with Crippen molar-refractivity contribution in [2.75, 3.05) is 0 Å². The highest BCUT2D eigenvalue weighted by molar-refractivity contribution is 7.12. The van der Waals surface area contributed by atoms with E-state index in [4.69, 9.17) is 0 Å². The first-order valence-electron chi connectivity index (χ1n) is 4.65. The molecule has 2 aromatic rings. The molecule has 2 aromatic heterocycles. The monoisotopic (exact) mass is 241 g/mol. The molecule has 84 valence electrons. The van der Waals surface area contributed by atoms with Crippen LogP contribution in [0.3, 0.4) is 0 Å². The molecule has 2 nitrogen and oxygen atoms in total. The number of thiophene rings is 1. The highest BCUT2D eigenvalue weighted by Crippen LogP contribution is 2.32. The molecule has 0 saturated carbocycles. The molecule has 2 rings (SSSR count). The largest absolute Gasteiger partial charge is 0.358 e. The molecule has 2 heterocycles. The maximum Gasteiger partial charge on any atom is 0.265 e. The van der Waals surface area contributed by atoms with E-state index in [0.29, 0.717) is 11.3 Å². The van der Waals surface area contributed by atoms with Crippen molar-refractivity contribution >= 4 is 17.1 Å². The van der Waals surface area contributed by atoms with Gasteiger partial charge in [-0.1, -0.05) is 0 Å². The van der Waals surface area contributed by atoms with Crippen LogP contribution in [0.15, 0.2) is 23.7 Å². The van der Waals surface area contributed by atoms with Crippen molar-refractivity contribution in [3.05, 3.63) is 45.4 Å². The van der Waals surface area contributed by atoms with Crippen molar-refractivity contribution in [1.82, 2.24) is 4.98 Å². The molecule has 16 heavy (non-hydrogen) atoms. The van der Waals surface area contributed by atoms with E-state index in [0.717, 1.165) is 11.3 Å². The van der Waals surface area contributed by atoms with Gasteiger partial charge >= 0.3 is 0 Å². The number of aryl methyl sites for hydroxylation is 1. The number of aromatic amines is 1. The first-order valence-corrected chi connectivity index (χ1v) is 5.53. The summed E-state index contributed by atoms with van der Waals surface area (Å²) in [4.78, 5) is 14.7. The topological polar surface area (TPSA) is 32.9 Å². The molecule has 0 radical (unpaired) electrons. The summed E-state index contributed by atoms with van der Waals surface area (Å²) in [5.41, 5.74) is 0.656. The average Bonchev–Trinajstić information content (AvgIpc) is 2.84. The van der Waals surface area contributed by atoms with Gasteiger partial charge in [0.15, 0.2) is 0 Å². The quantitative estimate of drug-likeness (QED) is 0.819. The molecule has 0 spiro atoms. The minimum absolute atomic E-state index is 0.120. The highest BCUT2D eigenvalue weighted by atomic mass is 32.1. The van der Waals surface area contributed by atoms with Crippen LogP contribution in [-0.2, 0) is 0 Å². The van der Waals surface area contributed by atoms with Gasteiger partial charge in [-0.05, 0) is 30.0 Å². The number of rotatable bonds is 3. The Morgan fingerprint density at radius 3 is 2.81 bits per heavy atom. The van der Waals surface area contributed by atoms with Gasteiger partial charge in [0.1, 0.15) is 0 Å². The lowest BCUT2D eigenvalue weighted by Crippen LogP contribution is -2.03. The van der Waals surface area contributed by atoms with Crippen molar-refractivity contribution in [3.63, 3.8) is 0 Å². The Balaban J connectivity index is 2.45. The number of hydrogen-bond donors (Lipinski definition) is 1. The standard InChI is InChI=1S/C11H9F2NOS/c1-6-5-16-10(8(6)11(12)13)9(15)7-3-2-4-14-7/h2-5,11,14H,1H3. The number of alkyl halides is 2. The van der Waals surface area contributed by atoms with Crippen LogP contribution in [0.5, 0.6) is 0 Å². The molecule has 0 atom stereocenters. The molecule has 0 saturated heterocycles. The Hall–Kier alpha value is -1.49.